The number of benzene rings is 1. The molecule has 0 aliphatic heterocycles. The van der Waals surface area contributed by atoms with Crippen molar-refractivity contribution in [1.29, 1.82) is 0 Å². The molecule has 1 unspecified atom stereocenters. The van der Waals surface area contributed by atoms with Gasteiger partial charge in [0.2, 0.25) is 0 Å². The van der Waals surface area contributed by atoms with Gasteiger partial charge in [-0.15, -0.1) is 0 Å². The molecular weight excluding hydrogens is 321 g/mol. The highest BCUT2D eigenvalue weighted by molar-refractivity contribution is 9.10. The van der Waals surface area contributed by atoms with E-state index in [9.17, 15) is 9.18 Å². The number of hydrogen-bond acceptors (Lipinski definition) is 2. The van der Waals surface area contributed by atoms with Crippen LogP contribution in [0.4, 0.5) is 4.39 Å². The highest BCUT2D eigenvalue weighted by Gasteiger charge is 2.28. The number of rotatable bonds is 2. The number of fused-ring (bicyclic) bond motifs is 1. The molecule has 102 valence electrons. The van der Waals surface area contributed by atoms with Crippen LogP contribution in [0.3, 0.4) is 0 Å². The van der Waals surface area contributed by atoms with Gasteiger partial charge < -0.3 is 0 Å². The Labute approximate surface area is 125 Å². The van der Waals surface area contributed by atoms with Crippen molar-refractivity contribution in [2.24, 2.45) is 0 Å². The zero-order chi connectivity index (χ0) is 14.1. The molecule has 1 heterocycles. The van der Waals surface area contributed by atoms with Gasteiger partial charge in [-0.25, -0.2) is 4.39 Å². The predicted octanol–water partition coefficient (Wildman–Crippen LogP) is 4.29. The molecule has 0 spiro atoms. The molecule has 3 rings (SSSR count). The normalized spacial score (nSPS) is 17.6. The van der Waals surface area contributed by atoms with Crippen LogP contribution in [0.25, 0.3) is 0 Å². The van der Waals surface area contributed by atoms with Gasteiger partial charge in [-0.3, -0.25) is 9.78 Å². The third kappa shape index (κ3) is 2.40. The molecule has 4 heteroatoms. The first-order valence-corrected chi connectivity index (χ1v) is 7.39. The third-order valence-corrected chi connectivity index (χ3v) is 4.32. The molecular formula is C16H13BrFNO. The van der Waals surface area contributed by atoms with E-state index in [2.05, 4.69) is 20.9 Å². The lowest BCUT2D eigenvalue weighted by molar-refractivity contribution is 0.0949. The maximum absolute atomic E-state index is 13.3. The standard InChI is InChI=1S/C16H13BrFNO/c17-13-9-11(6-7-14(13)18)16(20)12-5-1-3-10-4-2-8-19-15(10)12/h2,4,6-9,12H,1,3,5H2. The van der Waals surface area contributed by atoms with E-state index in [4.69, 9.17) is 0 Å². The number of Topliss-reactive ketones (excluding diaryl/α,β-unsaturated/α-hetero) is 1. The minimum absolute atomic E-state index is 0.0188. The second kappa shape index (κ2) is 5.44. The lowest BCUT2D eigenvalue weighted by Crippen LogP contribution is -2.20. The van der Waals surface area contributed by atoms with Gasteiger partial charge in [-0.05, 0) is 65.0 Å². The SMILES string of the molecule is O=C(c1ccc(F)c(Br)c1)C1CCCc2cccnc21. The van der Waals surface area contributed by atoms with Crippen molar-refractivity contribution >= 4 is 21.7 Å². The fraction of sp³-hybridized carbons (Fsp3) is 0.250. The molecule has 0 saturated carbocycles. The van der Waals surface area contributed by atoms with Crippen LogP contribution in [0.5, 0.6) is 0 Å². The maximum atomic E-state index is 13.3. The summed E-state index contributed by atoms with van der Waals surface area (Å²) in [5, 5.41) is 0. The molecule has 2 nitrogen and oxygen atoms in total. The summed E-state index contributed by atoms with van der Waals surface area (Å²) < 4.78 is 13.6. The van der Waals surface area contributed by atoms with E-state index in [0.717, 1.165) is 30.5 Å². The minimum atomic E-state index is -0.358. The second-order valence-electron chi connectivity index (χ2n) is 4.99. The molecule has 0 bridgehead atoms. The van der Waals surface area contributed by atoms with Gasteiger partial charge in [0.15, 0.2) is 5.78 Å². The van der Waals surface area contributed by atoms with Crippen LogP contribution in [0.1, 0.15) is 40.4 Å². The fourth-order valence-corrected chi connectivity index (χ4v) is 3.09. The molecule has 1 atom stereocenters. The van der Waals surface area contributed by atoms with Gasteiger partial charge in [0.25, 0.3) is 0 Å². The summed E-state index contributed by atoms with van der Waals surface area (Å²) in [6, 6.07) is 8.34. The molecule has 1 aromatic carbocycles. The van der Waals surface area contributed by atoms with Gasteiger partial charge in [-0.1, -0.05) is 6.07 Å². The minimum Gasteiger partial charge on any atom is -0.293 e. The molecule has 0 radical (unpaired) electrons. The Bertz CT molecular complexity index is 671. The van der Waals surface area contributed by atoms with Gasteiger partial charge in [-0.2, -0.15) is 0 Å². The van der Waals surface area contributed by atoms with E-state index in [-0.39, 0.29) is 17.5 Å². The summed E-state index contributed by atoms with van der Waals surface area (Å²) in [6.07, 6.45) is 4.49. The Morgan fingerprint density at radius 3 is 3.00 bits per heavy atom. The Hall–Kier alpha value is -1.55. The number of hydrogen-bond donors (Lipinski definition) is 0. The van der Waals surface area contributed by atoms with E-state index >= 15 is 0 Å². The summed E-state index contributed by atoms with van der Waals surface area (Å²) in [6.45, 7) is 0. The second-order valence-corrected chi connectivity index (χ2v) is 5.84. The predicted molar refractivity (Wildman–Crippen MR) is 78.3 cm³/mol. The lowest BCUT2D eigenvalue weighted by atomic mass is 9.82. The number of carbonyl (C=O) groups is 1. The molecule has 2 aromatic rings. The van der Waals surface area contributed by atoms with Crippen molar-refractivity contribution < 1.29 is 9.18 Å². The van der Waals surface area contributed by atoms with Crippen LogP contribution in [0.15, 0.2) is 41.0 Å². The topological polar surface area (TPSA) is 30.0 Å². The van der Waals surface area contributed by atoms with Crippen molar-refractivity contribution in [3.63, 3.8) is 0 Å². The Morgan fingerprint density at radius 1 is 1.35 bits per heavy atom. The summed E-state index contributed by atoms with van der Waals surface area (Å²) in [5.74, 6) is -0.550. The monoisotopic (exact) mass is 333 g/mol. The van der Waals surface area contributed by atoms with Gasteiger partial charge in [0.05, 0.1) is 16.1 Å². The lowest BCUT2D eigenvalue weighted by Gasteiger charge is -2.23. The van der Waals surface area contributed by atoms with Crippen LogP contribution >= 0.6 is 15.9 Å². The summed E-state index contributed by atoms with van der Waals surface area (Å²) in [7, 11) is 0. The van der Waals surface area contributed by atoms with Crippen molar-refractivity contribution in [2.45, 2.75) is 25.2 Å². The number of carbonyl (C=O) groups excluding carboxylic acids is 1. The molecule has 1 aliphatic carbocycles. The van der Waals surface area contributed by atoms with Gasteiger partial charge >= 0.3 is 0 Å². The van der Waals surface area contributed by atoms with Crippen molar-refractivity contribution in [1.82, 2.24) is 4.98 Å². The Kier molecular flexibility index (Phi) is 3.66. The summed E-state index contributed by atoms with van der Waals surface area (Å²) in [4.78, 5) is 17.0. The van der Waals surface area contributed by atoms with Crippen molar-refractivity contribution in [3.05, 3.63) is 63.6 Å². The van der Waals surface area contributed by atoms with Crippen molar-refractivity contribution in [2.75, 3.05) is 0 Å². The van der Waals surface area contributed by atoms with Crippen LogP contribution in [-0.2, 0) is 6.42 Å². The smallest absolute Gasteiger partial charge is 0.171 e. The van der Waals surface area contributed by atoms with Crippen LogP contribution in [-0.4, -0.2) is 10.8 Å². The molecule has 0 saturated heterocycles. The number of pyridine rings is 1. The maximum Gasteiger partial charge on any atom is 0.171 e. The first-order valence-electron chi connectivity index (χ1n) is 6.60. The highest BCUT2D eigenvalue weighted by atomic mass is 79.9. The van der Waals surface area contributed by atoms with E-state index in [1.54, 1.807) is 18.3 Å². The first-order chi connectivity index (χ1) is 9.66. The number of ketones is 1. The fourth-order valence-electron chi connectivity index (χ4n) is 2.72. The average Bonchev–Trinajstić information content (AvgIpc) is 2.49. The Morgan fingerprint density at radius 2 is 2.20 bits per heavy atom. The largest absolute Gasteiger partial charge is 0.293 e. The number of aryl methyl sites for hydroxylation is 1. The number of halogens is 2. The van der Waals surface area contributed by atoms with Crippen LogP contribution in [0, 0.1) is 5.82 Å². The molecule has 0 amide bonds. The van der Waals surface area contributed by atoms with Crippen LogP contribution < -0.4 is 0 Å². The van der Waals surface area contributed by atoms with E-state index in [1.807, 2.05) is 12.1 Å². The van der Waals surface area contributed by atoms with Gasteiger partial charge in [0, 0.05) is 11.8 Å². The average molecular weight is 334 g/mol. The molecule has 0 fully saturated rings. The molecule has 1 aromatic heterocycles. The summed E-state index contributed by atoms with van der Waals surface area (Å²) in [5.41, 5.74) is 2.56. The number of nitrogens with zero attached hydrogens (tertiary/aromatic N) is 1. The van der Waals surface area contributed by atoms with Gasteiger partial charge in [0.1, 0.15) is 5.82 Å². The zero-order valence-corrected chi connectivity index (χ0v) is 12.4. The van der Waals surface area contributed by atoms with E-state index in [0.29, 0.717) is 10.0 Å². The van der Waals surface area contributed by atoms with Crippen LogP contribution in [0.2, 0.25) is 0 Å². The number of aromatic nitrogens is 1. The molecule has 1 aliphatic rings. The molecule has 0 N–H and O–H groups in total. The van der Waals surface area contributed by atoms with E-state index in [1.165, 1.54) is 6.07 Å². The Balaban J connectivity index is 1.97. The summed E-state index contributed by atoms with van der Waals surface area (Å²) >= 11 is 3.13. The zero-order valence-electron chi connectivity index (χ0n) is 10.8. The highest BCUT2D eigenvalue weighted by Crippen LogP contribution is 2.33. The van der Waals surface area contributed by atoms with Crippen molar-refractivity contribution in [3.8, 4) is 0 Å². The van der Waals surface area contributed by atoms with E-state index < -0.39 is 0 Å². The molecule has 20 heavy (non-hydrogen) atoms. The first kappa shape index (κ1) is 13.4. The quantitative estimate of drug-likeness (QED) is 0.767. The third-order valence-electron chi connectivity index (χ3n) is 3.72.